The molecular formula is C15H21N3. The SMILES string of the molecule is Cc1cc(C)cc(-n2cncc2C(N)C(C)C)c1. The topological polar surface area (TPSA) is 43.8 Å². The Morgan fingerprint density at radius 1 is 1.11 bits per heavy atom. The molecule has 18 heavy (non-hydrogen) atoms. The summed E-state index contributed by atoms with van der Waals surface area (Å²) in [5.41, 5.74) is 10.9. The van der Waals surface area contributed by atoms with Gasteiger partial charge in [-0.3, -0.25) is 0 Å². The summed E-state index contributed by atoms with van der Waals surface area (Å²) in [6, 6.07) is 6.49. The lowest BCUT2D eigenvalue weighted by atomic mass is 10.0. The molecule has 0 radical (unpaired) electrons. The van der Waals surface area contributed by atoms with Crippen LogP contribution in [-0.4, -0.2) is 9.55 Å². The van der Waals surface area contributed by atoms with E-state index in [0.717, 1.165) is 11.4 Å². The van der Waals surface area contributed by atoms with Crippen LogP contribution >= 0.6 is 0 Å². The average Bonchev–Trinajstić information content (AvgIpc) is 2.75. The quantitative estimate of drug-likeness (QED) is 0.900. The molecule has 1 aromatic heterocycles. The van der Waals surface area contributed by atoms with Crippen molar-refractivity contribution in [3.05, 3.63) is 47.5 Å². The second-order valence-electron chi connectivity index (χ2n) is 5.30. The van der Waals surface area contributed by atoms with Gasteiger partial charge in [-0.25, -0.2) is 4.98 Å². The van der Waals surface area contributed by atoms with Crippen molar-refractivity contribution in [3.8, 4) is 5.69 Å². The Balaban J connectivity index is 2.48. The van der Waals surface area contributed by atoms with E-state index >= 15 is 0 Å². The molecule has 96 valence electrons. The number of rotatable bonds is 3. The van der Waals surface area contributed by atoms with Gasteiger partial charge in [0.25, 0.3) is 0 Å². The Morgan fingerprint density at radius 2 is 1.72 bits per heavy atom. The molecule has 1 atom stereocenters. The summed E-state index contributed by atoms with van der Waals surface area (Å²) in [5, 5.41) is 0. The third-order valence-corrected chi connectivity index (χ3v) is 3.21. The van der Waals surface area contributed by atoms with Crippen LogP contribution in [0, 0.1) is 19.8 Å². The molecule has 1 unspecified atom stereocenters. The number of benzene rings is 1. The lowest BCUT2D eigenvalue weighted by molar-refractivity contribution is 0.497. The second-order valence-corrected chi connectivity index (χ2v) is 5.30. The van der Waals surface area contributed by atoms with Gasteiger partial charge in [0.15, 0.2) is 0 Å². The molecule has 0 saturated carbocycles. The Morgan fingerprint density at radius 3 is 2.28 bits per heavy atom. The number of aryl methyl sites for hydroxylation is 2. The molecular weight excluding hydrogens is 222 g/mol. The molecule has 2 rings (SSSR count). The van der Waals surface area contributed by atoms with Crippen LogP contribution in [0.5, 0.6) is 0 Å². The number of hydrogen-bond acceptors (Lipinski definition) is 2. The zero-order valence-corrected chi connectivity index (χ0v) is 11.5. The summed E-state index contributed by atoms with van der Waals surface area (Å²) >= 11 is 0. The highest BCUT2D eigenvalue weighted by molar-refractivity contribution is 5.41. The van der Waals surface area contributed by atoms with E-state index in [1.165, 1.54) is 11.1 Å². The van der Waals surface area contributed by atoms with Crippen LogP contribution in [0.2, 0.25) is 0 Å². The fourth-order valence-corrected chi connectivity index (χ4v) is 2.20. The fraction of sp³-hybridized carbons (Fsp3) is 0.400. The highest BCUT2D eigenvalue weighted by Crippen LogP contribution is 2.22. The number of nitrogens with zero attached hydrogens (tertiary/aromatic N) is 2. The van der Waals surface area contributed by atoms with Crippen LogP contribution in [0.3, 0.4) is 0 Å². The first-order valence-corrected chi connectivity index (χ1v) is 6.35. The third kappa shape index (κ3) is 2.46. The molecule has 0 saturated heterocycles. The number of aromatic nitrogens is 2. The van der Waals surface area contributed by atoms with Gasteiger partial charge in [-0.05, 0) is 43.0 Å². The van der Waals surface area contributed by atoms with Crippen molar-refractivity contribution in [1.29, 1.82) is 0 Å². The highest BCUT2D eigenvalue weighted by Gasteiger charge is 2.16. The van der Waals surface area contributed by atoms with Crippen LogP contribution in [0.25, 0.3) is 5.69 Å². The summed E-state index contributed by atoms with van der Waals surface area (Å²) in [5.74, 6) is 0.395. The van der Waals surface area contributed by atoms with Crippen LogP contribution in [0.15, 0.2) is 30.7 Å². The first-order chi connectivity index (χ1) is 8.49. The Labute approximate surface area is 109 Å². The third-order valence-electron chi connectivity index (χ3n) is 3.21. The zero-order chi connectivity index (χ0) is 13.3. The van der Waals surface area contributed by atoms with Crippen LogP contribution in [0.1, 0.15) is 36.7 Å². The smallest absolute Gasteiger partial charge is 0.0994 e. The van der Waals surface area contributed by atoms with Gasteiger partial charge in [0.2, 0.25) is 0 Å². The second kappa shape index (κ2) is 4.94. The number of hydrogen-bond donors (Lipinski definition) is 1. The van der Waals surface area contributed by atoms with Crippen LogP contribution in [0.4, 0.5) is 0 Å². The lowest BCUT2D eigenvalue weighted by Crippen LogP contribution is -2.19. The molecule has 2 aromatic rings. The van der Waals surface area contributed by atoms with Gasteiger partial charge >= 0.3 is 0 Å². The van der Waals surface area contributed by atoms with Crippen LogP contribution < -0.4 is 5.73 Å². The molecule has 1 heterocycles. The van der Waals surface area contributed by atoms with Gasteiger partial charge in [0, 0.05) is 11.7 Å². The first kappa shape index (κ1) is 12.8. The Hall–Kier alpha value is -1.61. The van der Waals surface area contributed by atoms with Crippen molar-refractivity contribution in [3.63, 3.8) is 0 Å². The van der Waals surface area contributed by atoms with E-state index < -0.39 is 0 Å². The maximum atomic E-state index is 6.24. The molecule has 2 N–H and O–H groups in total. The summed E-state index contributed by atoms with van der Waals surface area (Å²) in [7, 11) is 0. The molecule has 0 aliphatic rings. The van der Waals surface area contributed by atoms with Gasteiger partial charge in [0.05, 0.1) is 18.2 Å². The summed E-state index contributed by atoms with van der Waals surface area (Å²) in [6.07, 6.45) is 3.70. The summed E-state index contributed by atoms with van der Waals surface area (Å²) in [4.78, 5) is 4.24. The predicted octanol–water partition coefficient (Wildman–Crippen LogP) is 3.14. The van der Waals surface area contributed by atoms with E-state index in [1.807, 2.05) is 12.5 Å². The van der Waals surface area contributed by atoms with Gasteiger partial charge < -0.3 is 10.3 Å². The lowest BCUT2D eigenvalue weighted by Gasteiger charge is -2.18. The molecule has 0 spiro atoms. The van der Waals surface area contributed by atoms with Gasteiger partial charge in [-0.15, -0.1) is 0 Å². The van der Waals surface area contributed by atoms with Crippen molar-refractivity contribution < 1.29 is 0 Å². The summed E-state index contributed by atoms with van der Waals surface area (Å²) in [6.45, 7) is 8.47. The summed E-state index contributed by atoms with van der Waals surface area (Å²) < 4.78 is 2.09. The maximum Gasteiger partial charge on any atom is 0.0994 e. The molecule has 3 nitrogen and oxygen atoms in total. The predicted molar refractivity (Wildman–Crippen MR) is 74.8 cm³/mol. The molecule has 0 amide bonds. The standard InChI is InChI=1S/C15H21N3/c1-10(2)15(16)14-8-17-9-18(14)13-6-11(3)5-12(4)7-13/h5-10,15H,16H2,1-4H3. The van der Waals surface area contributed by atoms with Crippen molar-refractivity contribution in [2.75, 3.05) is 0 Å². The van der Waals surface area contributed by atoms with Gasteiger partial charge in [0.1, 0.15) is 0 Å². The minimum absolute atomic E-state index is 0.00770. The largest absolute Gasteiger partial charge is 0.322 e. The Kier molecular flexibility index (Phi) is 3.53. The molecule has 0 aliphatic carbocycles. The molecule has 1 aromatic carbocycles. The Bertz CT molecular complexity index is 520. The average molecular weight is 243 g/mol. The molecule has 0 fully saturated rings. The number of nitrogens with two attached hydrogens (primary N) is 1. The van der Waals surface area contributed by atoms with E-state index in [2.05, 4.69) is 55.4 Å². The van der Waals surface area contributed by atoms with Crippen molar-refractivity contribution >= 4 is 0 Å². The number of imidazole rings is 1. The minimum Gasteiger partial charge on any atom is -0.322 e. The van der Waals surface area contributed by atoms with Crippen LogP contribution in [-0.2, 0) is 0 Å². The zero-order valence-electron chi connectivity index (χ0n) is 11.5. The van der Waals surface area contributed by atoms with E-state index in [1.54, 1.807) is 0 Å². The molecule has 3 heteroatoms. The highest BCUT2D eigenvalue weighted by atomic mass is 15.1. The van der Waals surface area contributed by atoms with Crippen molar-refractivity contribution in [2.24, 2.45) is 11.7 Å². The van der Waals surface area contributed by atoms with E-state index in [-0.39, 0.29) is 6.04 Å². The van der Waals surface area contributed by atoms with Crippen molar-refractivity contribution in [1.82, 2.24) is 9.55 Å². The maximum absolute atomic E-state index is 6.24. The van der Waals surface area contributed by atoms with E-state index in [9.17, 15) is 0 Å². The normalized spacial score (nSPS) is 13.0. The minimum atomic E-state index is 0.00770. The molecule has 0 bridgehead atoms. The van der Waals surface area contributed by atoms with Gasteiger partial charge in [-0.2, -0.15) is 0 Å². The van der Waals surface area contributed by atoms with Gasteiger partial charge in [-0.1, -0.05) is 19.9 Å². The monoisotopic (exact) mass is 243 g/mol. The van der Waals surface area contributed by atoms with E-state index in [4.69, 9.17) is 5.73 Å². The fourth-order valence-electron chi connectivity index (χ4n) is 2.20. The van der Waals surface area contributed by atoms with E-state index in [0.29, 0.717) is 5.92 Å². The molecule has 0 aliphatic heterocycles. The van der Waals surface area contributed by atoms with Crippen molar-refractivity contribution in [2.45, 2.75) is 33.7 Å². The first-order valence-electron chi connectivity index (χ1n) is 6.35.